The van der Waals surface area contributed by atoms with E-state index in [0.29, 0.717) is 28.3 Å². The summed E-state index contributed by atoms with van der Waals surface area (Å²) in [5, 5.41) is 2.84. The van der Waals surface area contributed by atoms with E-state index in [4.69, 9.17) is 9.47 Å². The van der Waals surface area contributed by atoms with Crippen LogP contribution in [0.2, 0.25) is 0 Å². The van der Waals surface area contributed by atoms with Crippen molar-refractivity contribution in [3.8, 4) is 11.5 Å². The Balaban J connectivity index is 1.37. The average Bonchev–Trinajstić information content (AvgIpc) is 3.17. The first-order valence-corrected chi connectivity index (χ1v) is 9.40. The molecule has 28 heavy (non-hydrogen) atoms. The lowest BCUT2D eigenvalue weighted by Crippen LogP contribution is -2.11. The second-order valence-corrected chi connectivity index (χ2v) is 7.09. The Morgan fingerprint density at radius 3 is 2.50 bits per heavy atom. The van der Waals surface area contributed by atoms with Crippen LogP contribution in [-0.2, 0) is 0 Å². The van der Waals surface area contributed by atoms with Crippen LogP contribution in [0.15, 0.2) is 65.6 Å². The molecule has 1 aliphatic rings. The molecule has 0 bridgehead atoms. The summed E-state index contributed by atoms with van der Waals surface area (Å²) in [6.45, 7) is 1.92. The van der Waals surface area contributed by atoms with Gasteiger partial charge in [-0.25, -0.2) is 4.39 Å². The fraction of sp³-hybridized carbons (Fsp3) is 0.0952. The number of benzene rings is 3. The highest BCUT2D eigenvalue weighted by atomic mass is 32.2. The van der Waals surface area contributed by atoms with Crippen molar-refractivity contribution in [2.45, 2.75) is 11.8 Å². The van der Waals surface area contributed by atoms with Gasteiger partial charge in [-0.2, -0.15) is 0 Å². The third-order valence-corrected chi connectivity index (χ3v) is 5.02. The van der Waals surface area contributed by atoms with Crippen molar-refractivity contribution >= 4 is 29.2 Å². The summed E-state index contributed by atoms with van der Waals surface area (Å²) in [4.78, 5) is 13.3. The maximum atomic E-state index is 13.3. The maximum absolute atomic E-state index is 13.3. The Hall–Kier alpha value is -3.19. The number of halogens is 1. The monoisotopic (exact) mass is 396 g/mol. The third kappa shape index (κ3) is 4.04. The van der Waals surface area contributed by atoms with Crippen LogP contribution in [0.4, 0.5) is 15.8 Å². The van der Waals surface area contributed by atoms with Crippen LogP contribution < -0.4 is 19.5 Å². The zero-order chi connectivity index (χ0) is 19.5. The Bertz CT molecular complexity index is 1020. The Morgan fingerprint density at radius 2 is 1.71 bits per heavy atom. The minimum atomic E-state index is -0.220. The van der Waals surface area contributed by atoms with Crippen LogP contribution in [0.3, 0.4) is 0 Å². The van der Waals surface area contributed by atoms with E-state index >= 15 is 0 Å². The lowest BCUT2D eigenvalue weighted by molar-refractivity contribution is 0.102. The van der Waals surface area contributed by atoms with Gasteiger partial charge >= 0.3 is 0 Å². The summed E-state index contributed by atoms with van der Waals surface area (Å²) < 4.78 is 27.1. The number of aryl methyl sites for hydroxylation is 1. The van der Waals surface area contributed by atoms with Crippen LogP contribution in [-0.4, -0.2) is 12.7 Å². The first-order chi connectivity index (χ1) is 13.6. The molecule has 4 rings (SSSR count). The molecule has 0 saturated carbocycles. The lowest BCUT2D eigenvalue weighted by Gasteiger charge is -2.09. The van der Waals surface area contributed by atoms with Crippen molar-refractivity contribution in [2.24, 2.45) is 0 Å². The summed E-state index contributed by atoms with van der Waals surface area (Å²) >= 11 is 1.38. The van der Waals surface area contributed by atoms with Gasteiger partial charge in [0, 0.05) is 27.9 Å². The lowest BCUT2D eigenvalue weighted by atomic mass is 10.2. The second kappa shape index (κ2) is 7.82. The average molecular weight is 396 g/mol. The highest BCUT2D eigenvalue weighted by Crippen LogP contribution is 2.34. The normalized spacial score (nSPS) is 11.9. The molecule has 1 amide bonds. The van der Waals surface area contributed by atoms with Crippen LogP contribution in [0.25, 0.3) is 0 Å². The van der Waals surface area contributed by atoms with Gasteiger partial charge < -0.3 is 19.5 Å². The van der Waals surface area contributed by atoms with E-state index in [2.05, 4.69) is 10.0 Å². The fourth-order valence-corrected chi connectivity index (χ4v) is 3.41. The van der Waals surface area contributed by atoms with Gasteiger partial charge in [0.05, 0.1) is 0 Å². The summed E-state index contributed by atoms with van der Waals surface area (Å²) in [5.74, 6) is 0.849. The third-order valence-electron chi connectivity index (χ3n) is 4.19. The van der Waals surface area contributed by atoms with Gasteiger partial charge in [-0.05, 0) is 79.0 Å². The molecule has 5 nitrogen and oxygen atoms in total. The van der Waals surface area contributed by atoms with Crippen molar-refractivity contribution in [1.82, 2.24) is 0 Å². The molecule has 0 aromatic heterocycles. The Morgan fingerprint density at radius 1 is 0.964 bits per heavy atom. The second-order valence-electron chi connectivity index (χ2n) is 6.21. The van der Waals surface area contributed by atoms with Crippen molar-refractivity contribution in [3.63, 3.8) is 0 Å². The number of amides is 1. The number of rotatable bonds is 5. The molecule has 0 radical (unpaired) electrons. The number of anilines is 2. The molecule has 0 fully saturated rings. The van der Waals surface area contributed by atoms with E-state index in [-0.39, 0.29) is 18.5 Å². The molecule has 0 aliphatic carbocycles. The molecule has 2 N–H and O–H groups in total. The van der Waals surface area contributed by atoms with E-state index in [1.165, 1.54) is 18.0 Å². The van der Waals surface area contributed by atoms with Crippen LogP contribution in [0.5, 0.6) is 11.5 Å². The predicted molar refractivity (Wildman–Crippen MR) is 108 cm³/mol. The van der Waals surface area contributed by atoms with Crippen molar-refractivity contribution in [2.75, 3.05) is 16.8 Å². The van der Waals surface area contributed by atoms with E-state index in [9.17, 15) is 9.18 Å². The van der Waals surface area contributed by atoms with Crippen LogP contribution in [0, 0.1) is 12.7 Å². The van der Waals surface area contributed by atoms with Crippen molar-refractivity contribution < 1.29 is 18.7 Å². The Labute approximate surface area is 166 Å². The van der Waals surface area contributed by atoms with Gasteiger partial charge in [0.2, 0.25) is 6.79 Å². The number of nitrogens with one attached hydrogen (secondary N) is 2. The summed E-state index contributed by atoms with van der Waals surface area (Å²) in [6.07, 6.45) is 0. The van der Waals surface area contributed by atoms with Crippen LogP contribution >= 0.6 is 11.9 Å². The van der Waals surface area contributed by atoms with Gasteiger partial charge in [-0.3, -0.25) is 4.79 Å². The van der Waals surface area contributed by atoms with Crippen LogP contribution in [0.1, 0.15) is 15.9 Å². The molecular weight excluding hydrogens is 379 g/mol. The van der Waals surface area contributed by atoms with Gasteiger partial charge in [0.25, 0.3) is 5.91 Å². The fourth-order valence-electron chi connectivity index (χ4n) is 2.67. The summed E-state index contributed by atoms with van der Waals surface area (Å²) in [7, 11) is 0. The zero-order valence-electron chi connectivity index (χ0n) is 15.0. The largest absolute Gasteiger partial charge is 0.454 e. The van der Waals surface area contributed by atoms with Gasteiger partial charge in [0.15, 0.2) is 11.5 Å². The molecule has 0 spiro atoms. The number of carbonyl (C=O) groups excluding carboxylic acids is 1. The molecule has 0 unspecified atom stereocenters. The molecule has 0 atom stereocenters. The van der Waals surface area contributed by atoms with Gasteiger partial charge in [0.1, 0.15) is 5.82 Å². The van der Waals surface area contributed by atoms with E-state index in [1.807, 2.05) is 12.1 Å². The quantitative estimate of drug-likeness (QED) is 0.578. The number of hydrogen-bond donors (Lipinski definition) is 2. The van der Waals surface area contributed by atoms with E-state index in [1.54, 1.807) is 49.4 Å². The molecular formula is C21H17FN2O3S. The molecule has 142 valence electrons. The Kier molecular flexibility index (Phi) is 5.08. The van der Waals surface area contributed by atoms with Crippen molar-refractivity contribution in [3.05, 3.63) is 77.6 Å². The van der Waals surface area contributed by atoms with Gasteiger partial charge in [-0.15, -0.1) is 0 Å². The molecule has 3 aromatic rings. The topological polar surface area (TPSA) is 59.6 Å². The summed E-state index contributed by atoms with van der Waals surface area (Å²) in [5.41, 5.74) is 2.61. The van der Waals surface area contributed by atoms with Crippen molar-refractivity contribution in [1.29, 1.82) is 0 Å². The molecule has 0 saturated heterocycles. The molecule has 1 heterocycles. The highest BCUT2D eigenvalue weighted by molar-refractivity contribution is 8.00. The minimum Gasteiger partial charge on any atom is -0.454 e. The SMILES string of the molecule is Cc1cc(SNc2ccc(C(=O)Nc3ccc4c(c3)OCO4)cc2)ccc1F. The smallest absolute Gasteiger partial charge is 0.255 e. The summed E-state index contributed by atoms with van der Waals surface area (Å²) in [6, 6.07) is 17.3. The van der Waals surface area contributed by atoms with E-state index < -0.39 is 0 Å². The van der Waals surface area contributed by atoms with Gasteiger partial charge in [-0.1, -0.05) is 0 Å². The molecule has 3 aromatic carbocycles. The number of fused-ring (bicyclic) bond motifs is 1. The van der Waals surface area contributed by atoms with E-state index in [0.717, 1.165) is 10.6 Å². The zero-order valence-corrected chi connectivity index (χ0v) is 15.8. The standard InChI is InChI=1S/C21H17FN2O3S/c1-13-10-17(7-8-18(13)22)28-24-15-4-2-14(3-5-15)21(25)23-16-6-9-19-20(11-16)27-12-26-19/h2-11,24H,12H2,1H3,(H,23,25). The molecule has 1 aliphatic heterocycles. The highest BCUT2D eigenvalue weighted by Gasteiger charge is 2.14. The predicted octanol–water partition coefficient (Wildman–Crippen LogP) is 5.23. The minimum absolute atomic E-state index is 0.191. The number of ether oxygens (including phenoxy) is 2. The number of carbonyl (C=O) groups is 1. The first-order valence-electron chi connectivity index (χ1n) is 8.58. The molecule has 7 heteroatoms. The first kappa shape index (κ1) is 18.2. The number of hydrogen-bond acceptors (Lipinski definition) is 5. The maximum Gasteiger partial charge on any atom is 0.255 e.